The van der Waals surface area contributed by atoms with E-state index in [1.807, 2.05) is 19.2 Å². The zero-order chi connectivity index (χ0) is 15.2. The molecule has 1 aliphatic rings. The molecule has 0 amide bonds. The SMILES string of the molecule is CNCCC1CCN(C(C)c2ccc(O)c(OC)c2)CC1. The first-order valence-corrected chi connectivity index (χ1v) is 7.91. The van der Waals surface area contributed by atoms with Gasteiger partial charge in [0.2, 0.25) is 0 Å². The Hall–Kier alpha value is -1.26. The fourth-order valence-corrected chi connectivity index (χ4v) is 3.14. The van der Waals surface area contributed by atoms with Gasteiger partial charge in [0.15, 0.2) is 11.5 Å². The van der Waals surface area contributed by atoms with E-state index in [0.29, 0.717) is 11.8 Å². The Morgan fingerprint density at radius 2 is 2.10 bits per heavy atom. The number of ether oxygens (including phenoxy) is 1. The minimum Gasteiger partial charge on any atom is -0.504 e. The van der Waals surface area contributed by atoms with Crippen LogP contribution in [0, 0.1) is 5.92 Å². The molecule has 118 valence electrons. The molecule has 2 N–H and O–H groups in total. The molecule has 0 bridgehead atoms. The minimum absolute atomic E-state index is 0.208. The molecule has 1 aromatic carbocycles. The fraction of sp³-hybridized carbons (Fsp3) is 0.647. The smallest absolute Gasteiger partial charge is 0.160 e. The van der Waals surface area contributed by atoms with E-state index in [1.54, 1.807) is 13.2 Å². The maximum absolute atomic E-state index is 9.70. The number of methoxy groups -OCH3 is 1. The van der Waals surface area contributed by atoms with Crippen molar-refractivity contribution in [2.45, 2.75) is 32.2 Å². The van der Waals surface area contributed by atoms with Crippen LogP contribution in [0.3, 0.4) is 0 Å². The quantitative estimate of drug-likeness (QED) is 0.846. The number of hydrogen-bond acceptors (Lipinski definition) is 4. The first kappa shape index (κ1) is 16.1. The highest BCUT2D eigenvalue weighted by Crippen LogP contribution is 2.33. The van der Waals surface area contributed by atoms with Gasteiger partial charge in [-0.2, -0.15) is 0 Å². The summed E-state index contributed by atoms with van der Waals surface area (Å²) in [6, 6.07) is 6.04. The summed E-state index contributed by atoms with van der Waals surface area (Å²) in [4.78, 5) is 2.53. The summed E-state index contributed by atoms with van der Waals surface area (Å²) in [6.45, 7) is 5.66. The van der Waals surface area contributed by atoms with Gasteiger partial charge in [-0.15, -0.1) is 0 Å². The summed E-state index contributed by atoms with van der Waals surface area (Å²) in [5.41, 5.74) is 1.21. The third-order valence-corrected chi connectivity index (χ3v) is 4.69. The Labute approximate surface area is 128 Å². The molecule has 0 radical (unpaired) electrons. The molecule has 2 rings (SSSR count). The number of phenols is 1. The van der Waals surface area contributed by atoms with Crippen molar-refractivity contribution < 1.29 is 9.84 Å². The van der Waals surface area contributed by atoms with E-state index in [1.165, 1.54) is 24.8 Å². The van der Waals surface area contributed by atoms with Crippen molar-refractivity contribution in [3.8, 4) is 11.5 Å². The summed E-state index contributed by atoms with van der Waals surface area (Å²) in [6.07, 6.45) is 3.84. The van der Waals surface area contributed by atoms with Crippen molar-refractivity contribution in [2.75, 3.05) is 33.8 Å². The van der Waals surface area contributed by atoms with Crippen LogP contribution in [0.25, 0.3) is 0 Å². The van der Waals surface area contributed by atoms with Crippen molar-refractivity contribution in [3.05, 3.63) is 23.8 Å². The monoisotopic (exact) mass is 292 g/mol. The summed E-state index contributed by atoms with van der Waals surface area (Å²) >= 11 is 0. The lowest BCUT2D eigenvalue weighted by atomic mass is 9.92. The van der Waals surface area contributed by atoms with Crippen LogP contribution in [0.2, 0.25) is 0 Å². The summed E-state index contributed by atoms with van der Waals surface area (Å²) < 4.78 is 5.21. The molecule has 0 spiro atoms. The van der Waals surface area contributed by atoms with Gasteiger partial charge >= 0.3 is 0 Å². The molecular weight excluding hydrogens is 264 g/mol. The van der Waals surface area contributed by atoms with Gasteiger partial charge < -0.3 is 15.2 Å². The molecule has 4 heteroatoms. The number of hydrogen-bond donors (Lipinski definition) is 2. The largest absolute Gasteiger partial charge is 0.504 e. The number of benzene rings is 1. The van der Waals surface area contributed by atoms with Crippen molar-refractivity contribution in [2.24, 2.45) is 5.92 Å². The van der Waals surface area contributed by atoms with E-state index in [9.17, 15) is 5.11 Å². The van der Waals surface area contributed by atoms with Crippen molar-refractivity contribution in [1.29, 1.82) is 0 Å². The molecule has 1 atom stereocenters. The predicted molar refractivity (Wildman–Crippen MR) is 85.9 cm³/mol. The number of likely N-dealkylation sites (tertiary alicyclic amines) is 1. The number of piperidine rings is 1. The molecule has 1 fully saturated rings. The van der Waals surface area contributed by atoms with Gasteiger partial charge in [0.1, 0.15) is 0 Å². The van der Waals surface area contributed by atoms with Crippen molar-refractivity contribution in [1.82, 2.24) is 10.2 Å². The third kappa shape index (κ3) is 4.11. The van der Waals surface area contributed by atoms with Gasteiger partial charge in [-0.3, -0.25) is 4.90 Å². The van der Waals surface area contributed by atoms with Crippen molar-refractivity contribution >= 4 is 0 Å². The van der Waals surface area contributed by atoms with Crippen LogP contribution in [0.15, 0.2) is 18.2 Å². The molecule has 1 aliphatic heterocycles. The van der Waals surface area contributed by atoms with Crippen LogP contribution >= 0.6 is 0 Å². The standard InChI is InChI=1S/C17H28N2O2/c1-13(15-4-5-16(20)17(12-15)21-3)19-10-7-14(8-11-19)6-9-18-2/h4-5,12-14,18,20H,6-11H2,1-3H3. The summed E-state index contributed by atoms with van der Waals surface area (Å²) in [5, 5.41) is 12.9. The van der Waals surface area contributed by atoms with E-state index in [0.717, 1.165) is 25.6 Å². The number of aromatic hydroxyl groups is 1. The maximum Gasteiger partial charge on any atom is 0.160 e. The highest BCUT2D eigenvalue weighted by atomic mass is 16.5. The molecule has 1 saturated heterocycles. The van der Waals surface area contributed by atoms with Crippen molar-refractivity contribution in [3.63, 3.8) is 0 Å². The van der Waals surface area contributed by atoms with E-state index < -0.39 is 0 Å². The van der Waals surface area contributed by atoms with Gasteiger partial charge in [-0.1, -0.05) is 6.07 Å². The predicted octanol–water partition coefficient (Wildman–Crippen LogP) is 2.78. The van der Waals surface area contributed by atoms with E-state index >= 15 is 0 Å². The Balaban J connectivity index is 1.94. The summed E-state index contributed by atoms with van der Waals surface area (Å²) in [7, 11) is 3.62. The van der Waals surface area contributed by atoms with Crippen LogP contribution in [-0.2, 0) is 0 Å². The molecule has 1 unspecified atom stereocenters. The summed E-state index contributed by atoms with van der Waals surface area (Å²) in [5.74, 6) is 1.62. The Morgan fingerprint density at radius 1 is 1.38 bits per heavy atom. The fourth-order valence-electron chi connectivity index (χ4n) is 3.14. The zero-order valence-electron chi connectivity index (χ0n) is 13.4. The Kier molecular flexibility index (Phi) is 5.88. The third-order valence-electron chi connectivity index (χ3n) is 4.69. The highest BCUT2D eigenvalue weighted by molar-refractivity contribution is 5.42. The van der Waals surface area contributed by atoms with Crippen LogP contribution in [0.5, 0.6) is 11.5 Å². The normalized spacial score (nSPS) is 18.6. The average Bonchev–Trinajstić information content (AvgIpc) is 2.53. The topological polar surface area (TPSA) is 44.7 Å². The maximum atomic E-state index is 9.70. The average molecular weight is 292 g/mol. The molecule has 21 heavy (non-hydrogen) atoms. The van der Waals surface area contributed by atoms with E-state index in [-0.39, 0.29) is 5.75 Å². The van der Waals surface area contributed by atoms with Crippen LogP contribution < -0.4 is 10.1 Å². The molecule has 0 saturated carbocycles. The highest BCUT2D eigenvalue weighted by Gasteiger charge is 2.23. The van der Waals surface area contributed by atoms with Gasteiger partial charge in [0.05, 0.1) is 7.11 Å². The van der Waals surface area contributed by atoms with Crippen LogP contribution in [0.1, 0.15) is 37.8 Å². The lowest BCUT2D eigenvalue weighted by Crippen LogP contribution is -2.36. The molecule has 1 aromatic rings. The first-order valence-electron chi connectivity index (χ1n) is 7.91. The van der Waals surface area contributed by atoms with E-state index in [4.69, 9.17) is 4.74 Å². The van der Waals surface area contributed by atoms with Gasteiger partial charge in [-0.25, -0.2) is 0 Å². The molecule has 1 heterocycles. The van der Waals surface area contributed by atoms with Crippen LogP contribution in [-0.4, -0.2) is 43.8 Å². The molecule has 0 aliphatic carbocycles. The Bertz CT molecular complexity index is 442. The number of nitrogens with zero attached hydrogens (tertiary/aromatic N) is 1. The lowest BCUT2D eigenvalue weighted by molar-refractivity contribution is 0.137. The number of nitrogens with one attached hydrogen (secondary N) is 1. The second-order valence-corrected chi connectivity index (χ2v) is 5.98. The number of rotatable bonds is 6. The minimum atomic E-state index is 0.208. The first-order chi connectivity index (χ1) is 10.2. The zero-order valence-corrected chi connectivity index (χ0v) is 13.4. The molecule has 0 aromatic heterocycles. The van der Waals surface area contributed by atoms with Gasteiger partial charge in [0.25, 0.3) is 0 Å². The van der Waals surface area contributed by atoms with Gasteiger partial charge in [-0.05, 0) is 76.5 Å². The van der Waals surface area contributed by atoms with Gasteiger partial charge in [0, 0.05) is 6.04 Å². The number of phenolic OH excluding ortho intramolecular Hbond substituents is 1. The second kappa shape index (κ2) is 7.66. The molecule has 4 nitrogen and oxygen atoms in total. The van der Waals surface area contributed by atoms with E-state index in [2.05, 4.69) is 17.1 Å². The van der Waals surface area contributed by atoms with Crippen LogP contribution in [0.4, 0.5) is 0 Å². The molecular formula is C17H28N2O2. The Morgan fingerprint density at radius 3 is 2.71 bits per heavy atom. The lowest BCUT2D eigenvalue weighted by Gasteiger charge is -2.36. The second-order valence-electron chi connectivity index (χ2n) is 5.98.